The molecular weight excluding hydrogens is 284 g/mol. The van der Waals surface area contributed by atoms with Crippen molar-refractivity contribution in [1.82, 2.24) is 4.72 Å². The molecule has 0 radical (unpaired) electrons. The van der Waals surface area contributed by atoms with E-state index in [0.717, 1.165) is 0 Å². The van der Waals surface area contributed by atoms with Crippen molar-refractivity contribution < 1.29 is 23.4 Å². The number of aliphatic hydroxyl groups excluding tert-OH is 1. The summed E-state index contributed by atoms with van der Waals surface area (Å²) in [7, 11) is -3.88. The minimum Gasteiger partial charge on any atom is -0.480 e. The van der Waals surface area contributed by atoms with Crippen LogP contribution in [-0.4, -0.2) is 37.2 Å². The average Bonchev–Trinajstić information content (AvgIpc) is 2.37. The summed E-state index contributed by atoms with van der Waals surface area (Å²) in [5.74, 6) is -1.79. The first kappa shape index (κ1) is 16.1. The number of sulfonamides is 1. The van der Waals surface area contributed by atoms with Crippen LogP contribution in [0.15, 0.2) is 24.3 Å². The van der Waals surface area contributed by atoms with Crippen molar-refractivity contribution in [3.8, 4) is 6.07 Å². The van der Waals surface area contributed by atoms with E-state index < -0.39 is 34.4 Å². The summed E-state index contributed by atoms with van der Waals surface area (Å²) in [4.78, 5) is 10.8. The highest BCUT2D eigenvalue weighted by Crippen LogP contribution is 2.09. The SMILES string of the molecule is N#Cc1cccc(CS(=O)(=O)N[C@H](CCO)C(=O)O)c1. The van der Waals surface area contributed by atoms with Gasteiger partial charge in [-0.05, 0) is 24.1 Å². The molecule has 7 nitrogen and oxygen atoms in total. The van der Waals surface area contributed by atoms with E-state index >= 15 is 0 Å². The highest BCUT2D eigenvalue weighted by molar-refractivity contribution is 7.88. The van der Waals surface area contributed by atoms with Crippen LogP contribution in [-0.2, 0) is 20.6 Å². The maximum atomic E-state index is 11.9. The van der Waals surface area contributed by atoms with Crippen molar-refractivity contribution in [2.75, 3.05) is 6.61 Å². The van der Waals surface area contributed by atoms with Crippen LogP contribution in [0.2, 0.25) is 0 Å². The highest BCUT2D eigenvalue weighted by atomic mass is 32.2. The molecule has 0 unspecified atom stereocenters. The summed E-state index contributed by atoms with van der Waals surface area (Å²) in [6.45, 7) is -0.441. The third kappa shape index (κ3) is 4.97. The fourth-order valence-electron chi connectivity index (χ4n) is 1.57. The standard InChI is InChI=1S/C12H14N2O5S/c13-7-9-2-1-3-10(6-9)8-20(18,19)14-11(4-5-15)12(16)17/h1-3,6,11,14-15H,4-5,8H2,(H,16,17)/t11-/m1/s1. The number of rotatable bonds is 7. The molecule has 0 saturated heterocycles. The van der Waals surface area contributed by atoms with Crippen LogP contribution in [0.25, 0.3) is 0 Å². The predicted octanol–water partition coefficient (Wildman–Crippen LogP) is -0.187. The Bertz CT molecular complexity index is 621. The predicted molar refractivity (Wildman–Crippen MR) is 70.0 cm³/mol. The molecule has 0 heterocycles. The molecule has 1 aromatic rings. The molecule has 8 heteroatoms. The molecule has 0 saturated carbocycles. The number of hydrogen-bond acceptors (Lipinski definition) is 5. The first-order valence-electron chi connectivity index (χ1n) is 5.70. The number of benzene rings is 1. The lowest BCUT2D eigenvalue weighted by Gasteiger charge is -2.13. The zero-order chi connectivity index (χ0) is 15.2. The Labute approximate surface area is 116 Å². The third-order valence-corrected chi connectivity index (χ3v) is 3.81. The lowest BCUT2D eigenvalue weighted by Crippen LogP contribution is -2.41. The van der Waals surface area contributed by atoms with Crippen molar-refractivity contribution in [3.05, 3.63) is 35.4 Å². The van der Waals surface area contributed by atoms with Gasteiger partial charge in [-0.25, -0.2) is 13.1 Å². The fraction of sp³-hybridized carbons (Fsp3) is 0.333. The van der Waals surface area contributed by atoms with E-state index in [1.165, 1.54) is 18.2 Å². The van der Waals surface area contributed by atoms with Gasteiger partial charge in [-0.3, -0.25) is 4.79 Å². The van der Waals surface area contributed by atoms with Crippen LogP contribution in [0.1, 0.15) is 17.5 Å². The van der Waals surface area contributed by atoms with Gasteiger partial charge in [0.15, 0.2) is 0 Å². The zero-order valence-corrected chi connectivity index (χ0v) is 11.3. The maximum absolute atomic E-state index is 11.9. The number of carbonyl (C=O) groups is 1. The molecule has 0 amide bonds. The number of aliphatic hydroxyl groups is 1. The quantitative estimate of drug-likeness (QED) is 0.640. The molecule has 0 fully saturated rings. The summed E-state index contributed by atoms with van der Waals surface area (Å²) in [5, 5.41) is 26.3. The smallest absolute Gasteiger partial charge is 0.321 e. The molecular formula is C12H14N2O5S. The Kier molecular flexibility index (Phi) is 5.64. The van der Waals surface area contributed by atoms with Crippen molar-refractivity contribution in [3.63, 3.8) is 0 Å². The Morgan fingerprint density at radius 3 is 2.70 bits per heavy atom. The lowest BCUT2D eigenvalue weighted by atomic mass is 10.2. The maximum Gasteiger partial charge on any atom is 0.321 e. The summed E-state index contributed by atoms with van der Waals surface area (Å²) in [5.41, 5.74) is 0.701. The zero-order valence-electron chi connectivity index (χ0n) is 10.5. The second-order valence-electron chi connectivity index (χ2n) is 4.09. The number of aliphatic carboxylic acids is 1. The minimum absolute atomic E-state index is 0.215. The Morgan fingerprint density at radius 1 is 1.45 bits per heavy atom. The molecule has 0 aliphatic rings. The van der Waals surface area contributed by atoms with Crippen LogP contribution in [0.5, 0.6) is 0 Å². The molecule has 0 aromatic heterocycles. The molecule has 0 aliphatic heterocycles. The van der Waals surface area contributed by atoms with E-state index in [1.54, 1.807) is 6.07 Å². The van der Waals surface area contributed by atoms with Gasteiger partial charge in [0.25, 0.3) is 0 Å². The first-order chi connectivity index (χ1) is 9.38. The summed E-state index contributed by atoms with van der Waals surface area (Å²) in [6.07, 6.45) is -0.215. The van der Waals surface area contributed by atoms with Crippen LogP contribution >= 0.6 is 0 Å². The van der Waals surface area contributed by atoms with Gasteiger partial charge in [0.2, 0.25) is 10.0 Å². The molecule has 0 spiro atoms. The molecule has 20 heavy (non-hydrogen) atoms. The Morgan fingerprint density at radius 2 is 2.15 bits per heavy atom. The van der Waals surface area contributed by atoms with Gasteiger partial charge < -0.3 is 10.2 Å². The minimum atomic E-state index is -3.88. The van der Waals surface area contributed by atoms with Crippen molar-refractivity contribution >= 4 is 16.0 Å². The number of carboxylic acid groups (broad SMARTS) is 1. The van der Waals surface area contributed by atoms with Crippen molar-refractivity contribution in [2.45, 2.75) is 18.2 Å². The first-order valence-corrected chi connectivity index (χ1v) is 7.36. The van der Waals surface area contributed by atoms with Gasteiger partial charge in [-0.2, -0.15) is 5.26 Å². The molecule has 0 aliphatic carbocycles. The Balaban J connectivity index is 2.83. The van der Waals surface area contributed by atoms with E-state index in [2.05, 4.69) is 0 Å². The lowest BCUT2D eigenvalue weighted by molar-refractivity contribution is -0.139. The summed E-state index contributed by atoms with van der Waals surface area (Å²) >= 11 is 0. The van der Waals surface area contributed by atoms with E-state index in [9.17, 15) is 13.2 Å². The molecule has 0 bridgehead atoms. The number of nitriles is 1. The van der Waals surface area contributed by atoms with Crippen LogP contribution in [0, 0.1) is 11.3 Å². The summed E-state index contributed by atoms with van der Waals surface area (Å²) < 4.78 is 25.7. The van der Waals surface area contributed by atoms with Gasteiger partial charge >= 0.3 is 5.97 Å². The van der Waals surface area contributed by atoms with Crippen molar-refractivity contribution in [2.24, 2.45) is 0 Å². The van der Waals surface area contributed by atoms with Crippen LogP contribution in [0.3, 0.4) is 0 Å². The van der Waals surface area contributed by atoms with E-state index in [1.807, 2.05) is 10.8 Å². The number of nitrogens with one attached hydrogen (secondary N) is 1. The molecule has 3 N–H and O–H groups in total. The molecule has 1 rings (SSSR count). The molecule has 108 valence electrons. The van der Waals surface area contributed by atoms with Gasteiger partial charge in [-0.15, -0.1) is 0 Å². The van der Waals surface area contributed by atoms with Crippen molar-refractivity contribution in [1.29, 1.82) is 5.26 Å². The topological polar surface area (TPSA) is 127 Å². The third-order valence-electron chi connectivity index (χ3n) is 2.45. The number of nitrogens with zero attached hydrogens (tertiary/aromatic N) is 1. The largest absolute Gasteiger partial charge is 0.480 e. The number of carboxylic acids is 1. The number of hydrogen-bond donors (Lipinski definition) is 3. The monoisotopic (exact) mass is 298 g/mol. The van der Waals surface area contributed by atoms with Gasteiger partial charge in [0.1, 0.15) is 6.04 Å². The molecule has 1 atom stereocenters. The van der Waals surface area contributed by atoms with E-state index in [0.29, 0.717) is 11.1 Å². The molecule has 1 aromatic carbocycles. The van der Waals surface area contributed by atoms with Crippen LogP contribution in [0.4, 0.5) is 0 Å². The van der Waals surface area contributed by atoms with Crippen LogP contribution < -0.4 is 4.72 Å². The second-order valence-corrected chi connectivity index (χ2v) is 5.85. The van der Waals surface area contributed by atoms with Gasteiger partial charge in [0.05, 0.1) is 17.4 Å². The van der Waals surface area contributed by atoms with Gasteiger partial charge in [0, 0.05) is 6.61 Å². The second kappa shape index (κ2) is 7.00. The Hall–Kier alpha value is -1.95. The van der Waals surface area contributed by atoms with Gasteiger partial charge in [-0.1, -0.05) is 12.1 Å². The summed E-state index contributed by atoms with van der Waals surface area (Å²) in [6, 6.07) is 6.55. The van der Waals surface area contributed by atoms with E-state index in [-0.39, 0.29) is 6.42 Å². The van der Waals surface area contributed by atoms with E-state index in [4.69, 9.17) is 15.5 Å². The average molecular weight is 298 g/mol. The normalized spacial score (nSPS) is 12.6. The fourth-order valence-corrected chi connectivity index (χ4v) is 2.92. The highest BCUT2D eigenvalue weighted by Gasteiger charge is 2.23.